The van der Waals surface area contributed by atoms with Gasteiger partial charge in [0.25, 0.3) is 5.56 Å². The molecule has 0 unspecified atom stereocenters. The van der Waals surface area contributed by atoms with E-state index in [0.717, 1.165) is 11.6 Å². The van der Waals surface area contributed by atoms with E-state index in [1.165, 1.54) is 30.8 Å². The lowest BCUT2D eigenvalue weighted by Crippen LogP contribution is -2.33. The van der Waals surface area contributed by atoms with Crippen LogP contribution in [-0.4, -0.2) is 38.4 Å². The highest BCUT2D eigenvalue weighted by atomic mass is 19.4. The Bertz CT molecular complexity index is 1390. The van der Waals surface area contributed by atoms with Crippen molar-refractivity contribution in [2.75, 3.05) is 18.4 Å². The van der Waals surface area contributed by atoms with E-state index >= 15 is 0 Å². The Morgan fingerprint density at radius 3 is 2.60 bits per heavy atom. The predicted molar refractivity (Wildman–Crippen MR) is 128 cm³/mol. The maximum absolute atomic E-state index is 13.4. The van der Waals surface area contributed by atoms with Gasteiger partial charge in [0.15, 0.2) is 0 Å². The number of carbonyl (C=O) groups is 1. The van der Waals surface area contributed by atoms with Crippen molar-refractivity contribution >= 4 is 28.3 Å². The molecule has 1 atom stereocenters. The Labute approximate surface area is 200 Å². The monoisotopic (exact) mass is 485 g/mol. The molecule has 0 fully saturated rings. The van der Waals surface area contributed by atoms with Crippen LogP contribution in [-0.2, 0) is 18.0 Å². The van der Waals surface area contributed by atoms with Gasteiger partial charge in [0.05, 0.1) is 17.0 Å². The lowest BCUT2D eigenvalue weighted by atomic mass is 9.97. The molecule has 0 saturated heterocycles. The third-order valence-electron chi connectivity index (χ3n) is 6.51. The molecule has 1 N–H and O–H groups in total. The first kappa shape index (κ1) is 24.4. The summed E-state index contributed by atoms with van der Waals surface area (Å²) in [5, 5.41) is 3.79. The van der Waals surface area contributed by atoms with Crippen LogP contribution in [0.15, 0.2) is 41.5 Å². The second kappa shape index (κ2) is 9.16. The van der Waals surface area contributed by atoms with Gasteiger partial charge in [-0.25, -0.2) is 9.97 Å². The van der Waals surface area contributed by atoms with Crippen LogP contribution in [0.5, 0.6) is 0 Å². The van der Waals surface area contributed by atoms with Gasteiger partial charge >= 0.3 is 6.18 Å². The van der Waals surface area contributed by atoms with Crippen LogP contribution in [0.2, 0.25) is 0 Å². The van der Waals surface area contributed by atoms with E-state index in [1.807, 2.05) is 6.08 Å². The highest BCUT2D eigenvalue weighted by Gasteiger charge is 2.33. The van der Waals surface area contributed by atoms with Crippen LogP contribution in [0.25, 0.3) is 16.6 Å². The van der Waals surface area contributed by atoms with Gasteiger partial charge in [-0.05, 0) is 49.1 Å². The molecular weight excluding hydrogens is 459 g/mol. The van der Waals surface area contributed by atoms with E-state index in [2.05, 4.69) is 15.3 Å². The van der Waals surface area contributed by atoms with Crippen LogP contribution in [0, 0.1) is 6.92 Å². The van der Waals surface area contributed by atoms with E-state index in [0.29, 0.717) is 47.5 Å². The van der Waals surface area contributed by atoms with Crippen molar-refractivity contribution in [2.45, 2.75) is 39.4 Å². The van der Waals surface area contributed by atoms with Crippen molar-refractivity contribution in [3.8, 4) is 0 Å². The number of aryl methyl sites for hydroxylation is 1. The van der Waals surface area contributed by atoms with Gasteiger partial charge in [0.2, 0.25) is 5.91 Å². The molecule has 0 aliphatic carbocycles. The quantitative estimate of drug-likeness (QED) is 0.590. The van der Waals surface area contributed by atoms with E-state index in [9.17, 15) is 22.8 Å². The summed E-state index contributed by atoms with van der Waals surface area (Å²) in [6, 6.07) is 5.35. The Morgan fingerprint density at radius 2 is 1.97 bits per heavy atom. The first-order chi connectivity index (χ1) is 16.5. The zero-order chi connectivity index (χ0) is 25.5. The molecular formula is C25H26F3N5O2. The highest BCUT2D eigenvalue weighted by molar-refractivity contribution is 5.89. The molecule has 184 valence electrons. The molecule has 7 nitrogen and oxygen atoms in total. The topological polar surface area (TPSA) is 80.1 Å². The van der Waals surface area contributed by atoms with Crippen molar-refractivity contribution in [1.82, 2.24) is 19.4 Å². The van der Waals surface area contributed by atoms with Gasteiger partial charge in [0.1, 0.15) is 17.8 Å². The number of amides is 1. The second-order valence-corrected chi connectivity index (χ2v) is 8.71. The first-order valence-electron chi connectivity index (χ1n) is 11.2. The second-order valence-electron chi connectivity index (χ2n) is 8.71. The number of aromatic nitrogens is 3. The van der Waals surface area contributed by atoms with Gasteiger partial charge in [-0.15, -0.1) is 0 Å². The number of rotatable bonds is 4. The van der Waals surface area contributed by atoms with Gasteiger partial charge in [0, 0.05) is 32.6 Å². The van der Waals surface area contributed by atoms with Crippen molar-refractivity contribution in [3.63, 3.8) is 0 Å². The molecule has 3 aromatic rings. The van der Waals surface area contributed by atoms with E-state index in [1.54, 1.807) is 31.0 Å². The Morgan fingerprint density at radius 1 is 1.23 bits per heavy atom. The fraction of sp³-hybridized carbons (Fsp3) is 0.360. The lowest BCUT2D eigenvalue weighted by molar-refractivity contribution is -0.138. The third-order valence-corrected chi connectivity index (χ3v) is 6.51. The summed E-state index contributed by atoms with van der Waals surface area (Å²) in [5.41, 5.74) is 1.48. The van der Waals surface area contributed by atoms with Gasteiger partial charge in [-0.1, -0.05) is 18.2 Å². The third kappa shape index (κ3) is 4.65. The number of alkyl halides is 3. The van der Waals surface area contributed by atoms with Crippen LogP contribution >= 0.6 is 0 Å². The molecule has 3 heterocycles. The maximum atomic E-state index is 13.4. The largest absolute Gasteiger partial charge is 0.416 e. The van der Waals surface area contributed by atoms with Gasteiger partial charge in [-0.2, -0.15) is 13.2 Å². The van der Waals surface area contributed by atoms with Crippen LogP contribution in [0.4, 0.5) is 19.0 Å². The molecule has 1 aromatic carbocycles. The van der Waals surface area contributed by atoms with Crippen molar-refractivity contribution < 1.29 is 18.0 Å². The summed E-state index contributed by atoms with van der Waals surface area (Å²) >= 11 is 0. The number of halogens is 3. The number of fused-ring (bicyclic) bond motifs is 1. The number of hydrogen-bond donors (Lipinski definition) is 1. The van der Waals surface area contributed by atoms with E-state index in [4.69, 9.17) is 0 Å². The summed E-state index contributed by atoms with van der Waals surface area (Å²) in [6.45, 7) is 5.67. The predicted octanol–water partition coefficient (Wildman–Crippen LogP) is 4.46. The van der Waals surface area contributed by atoms with Crippen molar-refractivity contribution in [2.24, 2.45) is 7.05 Å². The average molecular weight is 486 g/mol. The standard InChI is InChI=1S/C25H26F3N5O2/c1-14-18(6-5-7-21(14)25(26,27)28)15(2)31-22-20-12-19(17-8-10-33(11-9-17)16(3)34)24(35)32(4)23(20)30-13-29-22/h5-8,12-13,15H,9-11H2,1-4H3,(H,29,30,31)/t15-/m1/s1. The minimum Gasteiger partial charge on any atom is -0.363 e. The average Bonchev–Trinajstić information content (AvgIpc) is 2.81. The number of anilines is 1. The van der Waals surface area contributed by atoms with E-state index in [-0.39, 0.29) is 17.0 Å². The summed E-state index contributed by atoms with van der Waals surface area (Å²) < 4.78 is 41.6. The smallest absolute Gasteiger partial charge is 0.363 e. The Balaban J connectivity index is 1.75. The Hall–Kier alpha value is -3.69. The minimum absolute atomic E-state index is 0.0227. The molecule has 4 rings (SSSR count). The number of benzene rings is 1. The molecule has 10 heteroatoms. The maximum Gasteiger partial charge on any atom is 0.416 e. The molecule has 1 aliphatic rings. The van der Waals surface area contributed by atoms with Crippen LogP contribution < -0.4 is 10.9 Å². The minimum atomic E-state index is -4.44. The summed E-state index contributed by atoms with van der Waals surface area (Å²) in [6.07, 6.45) is -0.712. The van der Waals surface area contributed by atoms with Crippen LogP contribution in [0.1, 0.15) is 48.6 Å². The van der Waals surface area contributed by atoms with Crippen LogP contribution in [0.3, 0.4) is 0 Å². The molecule has 2 aromatic heterocycles. The summed E-state index contributed by atoms with van der Waals surface area (Å²) in [5.74, 6) is 0.392. The fourth-order valence-corrected chi connectivity index (χ4v) is 4.53. The molecule has 0 spiro atoms. The number of carbonyl (C=O) groups excluding carboxylic acids is 1. The molecule has 35 heavy (non-hydrogen) atoms. The molecule has 0 bridgehead atoms. The SMILES string of the molecule is CC(=O)N1CC=C(c2cc3c(N[C@H](C)c4cccc(C(F)(F)F)c4C)ncnc3n(C)c2=O)CC1. The van der Waals surface area contributed by atoms with Gasteiger partial charge in [-0.3, -0.25) is 14.2 Å². The number of nitrogens with one attached hydrogen (secondary N) is 1. The zero-order valence-corrected chi connectivity index (χ0v) is 19.9. The number of hydrogen-bond acceptors (Lipinski definition) is 5. The fourth-order valence-electron chi connectivity index (χ4n) is 4.53. The molecule has 1 amide bonds. The highest BCUT2D eigenvalue weighted by Crippen LogP contribution is 2.35. The summed E-state index contributed by atoms with van der Waals surface area (Å²) in [7, 11) is 1.62. The lowest BCUT2D eigenvalue weighted by Gasteiger charge is -2.25. The zero-order valence-electron chi connectivity index (χ0n) is 19.9. The molecule has 0 radical (unpaired) electrons. The number of pyridine rings is 1. The first-order valence-corrected chi connectivity index (χ1v) is 11.2. The number of nitrogens with zero attached hydrogens (tertiary/aromatic N) is 4. The normalized spacial score (nSPS) is 15.2. The summed E-state index contributed by atoms with van der Waals surface area (Å²) in [4.78, 5) is 35.0. The Kier molecular flexibility index (Phi) is 6.40. The van der Waals surface area contributed by atoms with Crippen molar-refractivity contribution in [3.05, 3.63) is 69.3 Å². The van der Waals surface area contributed by atoms with Gasteiger partial charge < -0.3 is 10.2 Å². The van der Waals surface area contributed by atoms with Crippen molar-refractivity contribution in [1.29, 1.82) is 0 Å². The van der Waals surface area contributed by atoms with E-state index < -0.39 is 17.8 Å². The molecule has 0 saturated carbocycles. The molecule has 1 aliphatic heterocycles.